The van der Waals surface area contributed by atoms with Gasteiger partial charge in [0.1, 0.15) is 29.6 Å². The summed E-state index contributed by atoms with van der Waals surface area (Å²) in [6, 6.07) is 13.6. The summed E-state index contributed by atoms with van der Waals surface area (Å²) in [5.74, 6) is -1.73. The number of likely N-dealkylation sites (tertiary alicyclic amines) is 1. The van der Waals surface area contributed by atoms with E-state index < -0.39 is 29.6 Å². The Morgan fingerprint density at radius 3 is 2.73 bits per heavy atom. The Balaban J connectivity index is 1.24. The molecule has 3 aliphatic heterocycles. The molecular weight excluding hydrogens is 528 g/mol. The number of anilines is 1. The van der Waals surface area contributed by atoms with E-state index in [2.05, 4.69) is 20.9 Å². The minimum absolute atomic E-state index is 0.0153. The van der Waals surface area contributed by atoms with Gasteiger partial charge in [-0.2, -0.15) is 0 Å². The molecule has 3 amide bonds. The number of aromatic nitrogens is 3. The van der Waals surface area contributed by atoms with Crippen molar-refractivity contribution in [1.29, 1.82) is 0 Å². The van der Waals surface area contributed by atoms with Gasteiger partial charge in [-0.05, 0) is 69.0 Å². The van der Waals surface area contributed by atoms with Crippen LogP contribution < -0.4 is 15.4 Å². The van der Waals surface area contributed by atoms with Gasteiger partial charge in [0, 0.05) is 18.8 Å². The van der Waals surface area contributed by atoms with Gasteiger partial charge < -0.3 is 30.1 Å². The Labute approximate surface area is 237 Å². The molecule has 3 N–H and O–H groups in total. The molecule has 0 radical (unpaired) electrons. The fraction of sp³-hybridized carbons (Fsp3) is 0.483. The fourth-order valence-corrected chi connectivity index (χ4v) is 6.70. The lowest BCUT2D eigenvalue weighted by atomic mass is 9.70. The molecule has 5 atom stereocenters. The monoisotopic (exact) mass is 562 g/mol. The molecule has 1 spiro atoms. The third kappa shape index (κ3) is 4.70. The summed E-state index contributed by atoms with van der Waals surface area (Å²) in [6.07, 6.45) is 1.64. The molecular formula is C29H34N6O6. The number of amides is 3. The first-order valence-electron chi connectivity index (χ1n) is 14.2. The van der Waals surface area contributed by atoms with Crippen LogP contribution in [0.5, 0.6) is 5.75 Å². The Morgan fingerprint density at radius 2 is 1.95 bits per heavy atom. The summed E-state index contributed by atoms with van der Waals surface area (Å²) in [5, 5.41) is 23.5. The number of nitrogens with zero attached hydrogens (tertiary/aromatic N) is 4. The number of benzene rings is 2. The average molecular weight is 563 g/mol. The smallest absolute Gasteiger partial charge is 0.247 e. The molecule has 12 nitrogen and oxygen atoms in total. The third-order valence-electron chi connectivity index (χ3n) is 8.41. The Kier molecular flexibility index (Phi) is 7.35. The number of nitrogens with one attached hydrogen (secondary N) is 2. The average Bonchev–Trinajstić information content (AvgIpc) is 3.73. The molecule has 1 aromatic heterocycles. The molecule has 41 heavy (non-hydrogen) atoms. The van der Waals surface area contributed by atoms with Gasteiger partial charge in [-0.1, -0.05) is 17.3 Å². The van der Waals surface area contributed by atoms with Gasteiger partial charge in [0.25, 0.3) is 0 Å². The quantitative estimate of drug-likeness (QED) is 0.299. The molecule has 2 bridgehead atoms. The van der Waals surface area contributed by atoms with Crippen LogP contribution in [0.1, 0.15) is 32.6 Å². The number of hydrogen-bond acceptors (Lipinski definition) is 8. The maximum Gasteiger partial charge on any atom is 0.247 e. The lowest BCUT2D eigenvalue weighted by Gasteiger charge is -2.33. The number of ether oxygens (including phenoxy) is 2. The maximum absolute atomic E-state index is 14.0. The number of carbonyl (C=O) groups excluding carboxylic acids is 3. The Morgan fingerprint density at radius 1 is 1.15 bits per heavy atom. The van der Waals surface area contributed by atoms with Crippen LogP contribution in [0.4, 0.5) is 5.69 Å². The molecule has 2 unspecified atom stereocenters. The van der Waals surface area contributed by atoms with Crippen molar-refractivity contribution in [2.75, 3.05) is 25.1 Å². The predicted molar refractivity (Wildman–Crippen MR) is 148 cm³/mol. The van der Waals surface area contributed by atoms with Gasteiger partial charge in [-0.25, -0.2) is 4.68 Å². The highest BCUT2D eigenvalue weighted by Crippen LogP contribution is 2.58. The number of para-hydroxylation sites is 1. The van der Waals surface area contributed by atoms with E-state index in [1.54, 1.807) is 33.8 Å². The zero-order valence-electron chi connectivity index (χ0n) is 22.9. The number of carbonyl (C=O) groups is 3. The van der Waals surface area contributed by atoms with Gasteiger partial charge in [0.15, 0.2) is 0 Å². The normalized spacial score (nSPS) is 26.4. The number of rotatable bonds is 11. The molecule has 2 aromatic carbocycles. The van der Waals surface area contributed by atoms with Crippen molar-refractivity contribution >= 4 is 34.4 Å². The first-order valence-corrected chi connectivity index (χ1v) is 14.2. The van der Waals surface area contributed by atoms with E-state index in [4.69, 9.17) is 9.47 Å². The van der Waals surface area contributed by atoms with Crippen molar-refractivity contribution in [3.8, 4) is 5.75 Å². The van der Waals surface area contributed by atoms with Crippen molar-refractivity contribution in [1.82, 2.24) is 25.2 Å². The largest absolute Gasteiger partial charge is 0.494 e. The predicted octanol–water partition coefficient (Wildman–Crippen LogP) is 1.69. The number of hydrogen-bond donors (Lipinski definition) is 3. The summed E-state index contributed by atoms with van der Waals surface area (Å²) in [5.41, 5.74) is 0.974. The minimum atomic E-state index is -1.10. The minimum Gasteiger partial charge on any atom is -0.494 e. The van der Waals surface area contributed by atoms with E-state index in [0.717, 1.165) is 5.52 Å². The van der Waals surface area contributed by atoms with Crippen LogP contribution >= 0.6 is 0 Å². The second-order valence-electron chi connectivity index (χ2n) is 10.7. The zero-order chi connectivity index (χ0) is 28.6. The molecule has 3 fully saturated rings. The molecule has 3 aliphatic rings. The number of aliphatic hydroxyl groups is 1. The van der Waals surface area contributed by atoms with E-state index in [1.165, 1.54) is 0 Å². The van der Waals surface area contributed by atoms with Gasteiger partial charge in [-0.15, -0.1) is 5.10 Å². The van der Waals surface area contributed by atoms with Crippen molar-refractivity contribution in [2.24, 2.45) is 11.8 Å². The second kappa shape index (κ2) is 11.1. The first kappa shape index (κ1) is 27.2. The highest BCUT2D eigenvalue weighted by molar-refractivity contribution is 6.02. The third-order valence-corrected chi connectivity index (χ3v) is 8.41. The standard InChI is InChI=1S/C29H34N6O6/c1-2-40-19-11-9-18(10-12-19)31-26(37)23-22-13-14-29(41-22)24(23)28(39)34(15-5-6-16-36)25(29)27(38)30-17-35-21-8-4-3-7-20(21)32-33-35/h3-4,7-12,22-25,36H,2,5-6,13-17H2,1H3,(H,30,38)(H,31,37)/t22-,23+,24+,25?,29?/m1/s1. The van der Waals surface area contributed by atoms with Crippen molar-refractivity contribution in [3.05, 3.63) is 48.5 Å². The number of unbranched alkanes of at least 4 members (excludes halogenated alkanes) is 1. The van der Waals surface area contributed by atoms with E-state index in [0.29, 0.717) is 49.2 Å². The van der Waals surface area contributed by atoms with E-state index in [9.17, 15) is 19.5 Å². The number of fused-ring (bicyclic) bond motifs is 2. The molecule has 216 valence electrons. The molecule has 3 saturated heterocycles. The van der Waals surface area contributed by atoms with E-state index in [1.807, 2.05) is 31.2 Å². The van der Waals surface area contributed by atoms with Crippen LogP contribution in [-0.4, -0.2) is 80.2 Å². The van der Waals surface area contributed by atoms with Crippen LogP contribution in [0.15, 0.2) is 48.5 Å². The van der Waals surface area contributed by atoms with Gasteiger partial charge >= 0.3 is 0 Å². The first-order chi connectivity index (χ1) is 20.0. The van der Waals surface area contributed by atoms with E-state index in [-0.39, 0.29) is 37.5 Å². The molecule has 0 aliphatic carbocycles. The molecule has 6 rings (SSSR count). The van der Waals surface area contributed by atoms with Crippen molar-refractivity contribution in [2.45, 2.75) is 57.0 Å². The van der Waals surface area contributed by atoms with Gasteiger partial charge in [0.05, 0.1) is 30.1 Å². The highest BCUT2D eigenvalue weighted by Gasteiger charge is 2.74. The van der Waals surface area contributed by atoms with Crippen LogP contribution in [0.25, 0.3) is 11.0 Å². The summed E-state index contributed by atoms with van der Waals surface area (Å²) in [6.45, 7) is 2.77. The molecule has 3 aromatic rings. The Bertz CT molecular complexity index is 1440. The lowest BCUT2D eigenvalue weighted by Crippen LogP contribution is -2.55. The topological polar surface area (TPSA) is 148 Å². The Hall–Kier alpha value is -4.03. The lowest BCUT2D eigenvalue weighted by molar-refractivity contribution is -0.141. The summed E-state index contributed by atoms with van der Waals surface area (Å²) in [7, 11) is 0. The summed E-state index contributed by atoms with van der Waals surface area (Å²) >= 11 is 0. The second-order valence-corrected chi connectivity index (χ2v) is 10.7. The molecule has 4 heterocycles. The van der Waals surface area contributed by atoms with Gasteiger partial charge in [0.2, 0.25) is 17.7 Å². The highest BCUT2D eigenvalue weighted by atomic mass is 16.5. The fourth-order valence-electron chi connectivity index (χ4n) is 6.70. The number of aliphatic hydroxyl groups excluding tert-OH is 1. The van der Waals surface area contributed by atoms with Crippen LogP contribution in [0.2, 0.25) is 0 Å². The van der Waals surface area contributed by atoms with Gasteiger partial charge in [-0.3, -0.25) is 14.4 Å². The van der Waals surface area contributed by atoms with Crippen LogP contribution in [-0.2, 0) is 25.8 Å². The van der Waals surface area contributed by atoms with E-state index >= 15 is 0 Å². The van der Waals surface area contributed by atoms with Crippen molar-refractivity contribution < 1.29 is 29.0 Å². The maximum atomic E-state index is 14.0. The SMILES string of the molecule is CCOc1ccc(NC(=O)[C@@H]2[C@H]3C(=O)N(CCCCO)C(C(=O)NCn4nnc5ccccc54)C34CC[C@H]2O4)cc1. The van der Waals surface area contributed by atoms with Crippen LogP contribution in [0.3, 0.4) is 0 Å². The summed E-state index contributed by atoms with van der Waals surface area (Å²) < 4.78 is 13.5. The molecule has 12 heteroatoms. The van der Waals surface area contributed by atoms with Crippen LogP contribution in [0, 0.1) is 11.8 Å². The van der Waals surface area contributed by atoms with Crippen molar-refractivity contribution in [3.63, 3.8) is 0 Å². The zero-order valence-corrected chi connectivity index (χ0v) is 22.9. The summed E-state index contributed by atoms with van der Waals surface area (Å²) in [4.78, 5) is 42.9. The molecule has 0 saturated carbocycles.